The Kier molecular flexibility index (Phi) is 3.01. The Morgan fingerprint density at radius 2 is 1.78 bits per heavy atom. The van der Waals surface area contributed by atoms with E-state index in [2.05, 4.69) is 4.98 Å². The van der Waals surface area contributed by atoms with Gasteiger partial charge in [0.15, 0.2) is 0 Å². The number of nitrogens with two attached hydrogens (primary N) is 1. The van der Waals surface area contributed by atoms with E-state index in [1.807, 2.05) is 0 Å². The number of hydrogen-bond acceptors (Lipinski definition) is 3. The zero-order valence-corrected chi connectivity index (χ0v) is 8.95. The predicted octanol–water partition coefficient (Wildman–Crippen LogP) is 2.31. The van der Waals surface area contributed by atoms with E-state index in [0.29, 0.717) is 12.1 Å². The van der Waals surface area contributed by atoms with Crippen molar-refractivity contribution in [3.05, 3.63) is 59.0 Å². The third-order valence-corrected chi connectivity index (χ3v) is 2.32. The number of aromatic nitrogens is 1. The largest absolute Gasteiger partial charge is 0.383 e. The Labute approximate surface area is 100 Å². The maximum absolute atomic E-state index is 13.4. The van der Waals surface area contributed by atoms with Gasteiger partial charge in [0.1, 0.15) is 23.3 Å². The van der Waals surface area contributed by atoms with Crippen LogP contribution in [0.1, 0.15) is 15.9 Å². The van der Waals surface area contributed by atoms with Crippen molar-refractivity contribution in [2.24, 2.45) is 0 Å². The summed E-state index contributed by atoms with van der Waals surface area (Å²) in [5, 5.41) is 0. The summed E-state index contributed by atoms with van der Waals surface area (Å²) in [5.41, 5.74) is 4.45. The Morgan fingerprint density at radius 1 is 1.17 bits per heavy atom. The van der Waals surface area contributed by atoms with Crippen molar-refractivity contribution in [2.45, 2.75) is 0 Å². The molecule has 0 aliphatic carbocycles. The smallest absolute Gasteiger partial charge is 0.202 e. The molecular weight excluding hydrogens is 245 g/mol. The number of halogens is 3. The Bertz CT molecular complexity index is 605. The first-order chi connectivity index (χ1) is 8.50. The molecule has 0 atom stereocenters. The van der Waals surface area contributed by atoms with Gasteiger partial charge in [0.25, 0.3) is 0 Å². The molecule has 0 saturated heterocycles. The number of anilines is 1. The number of rotatable bonds is 2. The standard InChI is InChI=1S/C12H7F3N2O/c13-6-4-8(14)10(9(15)5-6)11(18)7-2-1-3-17-12(7)16/h1-5H,(H2,16,17). The van der Waals surface area contributed by atoms with Gasteiger partial charge in [-0.15, -0.1) is 0 Å². The summed E-state index contributed by atoms with van der Waals surface area (Å²) in [6, 6.07) is 3.56. The van der Waals surface area contributed by atoms with Crippen molar-refractivity contribution in [2.75, 3.05) is 5.73 Å². The maximum atomic E-state index is 13.4. The van der Waals surface area contributed by atoms with Crippen LogP contribution in [0.5, 0.6) is 0 Å². The van der Waals surface area contributed by atoms with Crippen LogP contribution < -0.4 is 5.73 Å². The van der Waals surface area contributed by atoms with Gasteiger partial charge in [-0.2, -0.15) is 0 Å². The molecular formula is C12H7F3N2O. The SMILES string of the molecule is Nc1ncccc1C(=O)c1c(F)cc(F)cc1F. The molecule has 0 fully saturated rings. The zero-order valence-electron chi connectivity index (χ0n) is 8.95. The van der Waals surface area contributed by atoms with Gasteiger partial charge in [0.05, 0.1) is 11.1 Å². The molecule has 0 amide bonds. The molecule has 0 aliphatic heterocycles. The van der Waals surface area contributed by atoms with Gasteiger partial charge in [-0.1, -0.05) is 0 Å². The minimum absolute atomic E-state index is 0.137. The summed E-state index contributed by atoms with van der Waals surface area (Å²) >= 11 is 0. The highest BCUT2D eigenvalue weighted by atomic mass is 19.1. The van der Waals surface area contributed by atoms with Crippen molar-refractivity contribution in [1.29, 1.82) is 0 Å². The first kappa shape index (κ1) is 12.1. The average Bonchev–Trinajstić information content (AvgIpc) is 2.27. The molecule has 0 bridgehead atoms. The number of benzene rings is 1. The van der Waals surface area contributed by atoms with Gasteiger partial charge < -0.3 is 5.73 Å². The number of ketones is 1. The Hall–Kier alpha value is -2.37. The summed E-state index contributed by atoms with van der Waals surface area (Å²) in [4.78, 5) is 15.5. The van der Waals surface area contributed by atoms with Crippen LogP contribution in [0, 0.1) is 17.5 Å². The zero-order chi connectivity index (χ0) is 13.3. The van der Waals surface area contributed by atoms with Crippen LogP contribution in [0.4, 0.5) is 19.0 Å². The molecule has 3 nitrogen and oxygen atoms in total. The van der Waals surface area contributed by atoms with E-state index < -0.39 is 28.8 Å². The van der Waals surface area contributed by atoms with Crippen molar-refractivity contribution in [3.8, 4) is 0 Å². The average molecular weight is 252 g/mol. The molecule has 0 aliphatic rings. The third kappa shape index (κ3) is 2.04. The second-order valence-corrected chi connectivity index (χ2v) is 3.51. The second-order valence-electron chi connectivity index (χ2n) is 3.51. The summed E-state index contributed by atoms with van der Waals surface area (Å²) in [5.74, 6) is -4.77. The van der Waals surface area contributed by atoms with Crippen molar-refractivity contribution < 1.29 is 18.0 Å². The van der Waals surface area contributed by atoms with Crippen LogP contribution >= 0.6 is 0 Å². The van der Waals surface area contributed by atoms with Gasteiger partial charge in [0, 0.05) is 18.3 Å². The molecule has 0 unspecified atom stereocenters. The molecule has 92 valence electrons. The molecule has 0 saturated carbocycles. The van der Waals surface area contributed by atoms with E-state index in [1.54, 1.807) is 0 Å². The van der Waals surface area contributed by atoms with Crippen LogP contribution in [-0.2, 0) is 0 Å². The summed E-state index contributed by atoms with van der Waals surface area (Å²) < 4.78 is 39.6. The third-order valence-electron chi connectivity index (χ3n) is 2.32. The van der Waals surface area contributed by atoms with Crippen molar-refractivity contribution >= 4 is 11.6 Å². The van der Waals surface area contributed by atoms with Crippen LogP contribution in [0.3, 0.4) is 0 Å². The lowest BCUT2D eigenvalue weighted by atomic mass is 10.0. The summed E-state index contributed by atoms with van der Waals surface area (Å²) in [6.07, 6.45) is 1.34. The Balaban J connectivity index is 2.57. The number of hydrogen-bond donors (Lipinski definition) is 1. The van der Waals surface area contributed by atoms with Gasteiger partial charge in [-0.05, 0) is 12.1 Å². The Morgan fingerprint density at radius 3 is 2.33 bits per heavy atom. The van der Waals surface area contributed by atoms with Gasteiger partial charge in [-0.3, -0.25) is 4.79 Å². The van der Waals surface area contributed by atoms with Gasteiger partial charge >= 0.3 is 0 Å². The van der Waals surface area contributed by atoms with Gasteiger partial charge in [-0.25, -0.2) is 18.2 Å². The number of carbonyl (C=O) groups excluding carboxylic acids is 1. The first-order valence-corrected chi connectivity index (χ1v) is 4.90. The van der Waals surface area contributed by atoms with Crippen LogP contribution in [0.15, 0.2) is 30.5 Å². The molecule has 18 heavy (non-hydrogen) atoms. The topological polar surface area (TPSA) is 56.0 Å². The van der Waals surface area contributed by atoms with Crippen LogP contribution in [0.2, 0.25) is 0 Å². The highest BCUT2D eigenvalue weighted by Gasteiger charge is 2.22. The van der Waals surface area contributed by atoms with E-state index in [9.17, 15) is 18.0 Å². The van der Waals surface area contributed by atoms with E-state index in [1.165, 1.54) is 18.3 Å². The van der Waals surface area contributed by atoms with Crippen molar-refractivity contribution in [1.82, 2.24) is 4.98 Å². The number of nitrogens with zero attached hydrogens (tertiary/aromatic N) is 1. The molecule has 6 heteroatoms. The van der Waals surface area contributed by atoms with E-state index in [4.69, 9.17) is 5.73 Å². The fourth-order valence-electron chi connectivity index (χ4n) is 1.50. The number of nitrogen functional groups attached to an aromatic ring is 1. The van der Waals surface area contributed by atoms with Gasteiger partial charge in [0.2, 0.25) is 5.78 Å². The minimum atomic E-state index is -1.28. The second kappa shape index (κ2) is 4.48. The molecule has 0 radical (unpaired) electrons. The lowest BCUT2D eigenvalue weighted by molar-refractivity contribution is 0.103. The quantitative estimate of drug-likeness (QED) is 0.834. The summed E-state index contributed by atoms with van der Waals surface area (Å²) in [7, 11) is 0. The molecule has 1 heterocycles. The summed E-state index contributed by atoms with van der Waals surface area (Å²) in [6.45, 7) is 0. The highest BCUT2D eigenvalue weighted by Crippen LogP contribution is 2.20. The number of carbonyl (C=O) groups is 1. The molecule has 1 aromatic carbocycles. The van der Waals surface area contributed by atoms with Crippen LogP contribution in [0.25, 0.3) is 0 Å². The highest BCUT2D eigenvalue weighted by molar-refractivity contribution is 6.11. The number of pyridine rings is 1. The lowest BCUT2D eigenvalue weighted by Gasteiger charge is -2.06. The molecule has 2 rings (SSSR count). The molecule has 1 aromatic heterocycles. The monoisotopic (exact) mass is 252 g/mol. The van der Waals surface area contributed by atoms with Crippen LogP contribution in [-0.4, -0.2) is 10.8 Å². The fraction of sp³-hybridized carbons (Fsp3) is 0. The minimum Gasteiger partial charge on any atom is -0.383 e. The van der Waals surface area contributed by atoms with Crippen molar-refractivity contribution in [3.63, 3.8) is 0 Å². The fourth-order valence-corrected chi connectivity index (χ4v) is 1.50. The molecule has 2 aromatic rings. The molecule has 2 N–H and O–H groups in total. The lowest BCUT2D eigenvalue weighted by Crippen LogP contribution is -2.11. The van der Waals surface area contributed by atoms with E-state index >= 15 is 0 Å². The maximum Gasteiger partial charge on any atom is 0.202 e. The normalized spacial score (nSPS) is 10.4. The van der Waals surface area contributed by atoms with E-state index in [-0.39, 0.29) is 11.4 Å². The molecule has 0 spiro atoms. The predicted molar refractivity (Wildman–Crippen MR) is 58.4 cm³/mol. The van der Waals surface area contributed by atoms with E-state index in [0.717, 1.165) is 0 Å². The first-order valence-electron chi connectivity index (χ1n) is 4.90.